The quantitative estimate of drug-likeness (QED) is 0.405. The van der Waals surface area contributed by atoms with Crippen molar-refractivity contribution in [3.05, 3.63) is 44.8 Å². The molecule has 1 amide bonds. The summed E-state index contributed by atoms with van der Waals surface area (Å²) in [6, 6.07) is 5.68. The zero-order valence-electron chi connectivity index (χ0n) is 15.7. The second-order valence-electron chi connectivity index (χ2n) is 7.01. The highest BCUT2D eigenvalue weighted by Gasteiger charge is 2.33. The number of Topliss-reactive ketones (excluding diaryl/α,β-unsaturated/α-hetero) is 1. The molecule has 0 radical (unpaired) electrons. The largest absolute Gasteiger partial charge is 0.507 e. The molecule has 9 heteroatoms. The fraction of sp³-hybridized carbons (Fsp3) is 0.238. The van der Waals surface area contributed by atoms with Crippen molar-refractivity contribution in [1.29, 1.82) is 0 Å². The van der Waals surface area contributed by atoms with Crippen molar-refractivity contribution < 1.29 is 29.6 Å². The summed E-state index contributed by atoms with van der Waals surface area (Å²) in [4.78, 5) is 27.7. The Morgan fingerprint density at radius 3 is 2.53 bits per heavy atom. The van der Waals surface area contributed by atoms with Gasteiger partial charge in [0.2, 0.25) is 5.78 Å². The first kappa shape index (κ1) is 20.6. The van der Waals surface area contributed by atoms with E-state index in [1.165, 1.54) is 24.3 Å². The average molecular weight is 492 g/mol. The van der Waals surface area contributed by atoms with Crippen LogP contribution < -0.4 is 4.74 Å². The first-order valence-electron chi connectivity index (χ1n) is 9.33. The van der Waals surface area contributed by atoms with Crippen LogP contribution in [0.4, 0.5) is 4.79 Å². The van der Waals surface area contributed by atoms with Crippen LogP contribution in [-0.4, -0.2) is 45.2 Å². The Kier molecular flexibility index (Phi) is 5.66. The number of amides is 1. The monoisotopic (exact) mass is 491 g/mol. The topological polar surface area (TPSA) is 107 Å². The summed E-state index contributed by atoms with van der Waals surface area (Å²) in [6.07, 6.45) is 4.00. The number of carbonyl (C=O) groups excluding carboxylic acids is 2. The number of phenolic OH excluding ortho intramolecular Hbond substituents is 3. The first-order chi connectivity index (χ1) is 14.3. The van der Waals surface area contributed by atoms with E-state index >= 15 is 0 Å². The highest BCUT2D eigenvalue weighted by molar-refractivity contribution is 9.10. The second-order valence-corrected chi connectivity index (χ2v) is 8.92. The third-order valence-corrected chi connectivity index (χ3v) is 6.67. The minimum atomic E-state index is -0.472. The number of thioether (sulfide) groups is 1. The van der Waals surface area contributed by atoms with Crippen LogP contribution in [0.15, 0.2) is 38.5 Å². The van der Waals surface area contributed by atoms with Crippen molar-refractivity contribution in [3.63, 3.8) is 0 Å². The van der Waals surface area contributed by atoms with Crippen LogP contribution in [-0.2, 0) is 0 Å². The molecule has 2 aromatic carbocycles. The predicted molar refractivity (Wildman–Crippen MR) is 115 cm³/mol. The molecule has 0 aromatic heterocycles. The lowest BCUT2D eigenvalue weighted by atomic mass is 10.1. The van der Waals surface area contributed by atoms with Gasteiger partial charge in [0.05, 0.1) is 19.8 Å². The molecule has 0 saturated carbocycles. The van der Waals surface area contributed by atoms with Gasteiger partial charge in [-0.1, -0.05) is 11.8 Å². The zero-order valence-corrected chi connectivity index (χ0v) is 18.1. The van der Waals surface area contributed by atoms with Crippen LogP contribution in [0.3, 0.4) is 0 Å². The highest BCUT2D eigenvalue weighted by Crippen LogP contribution is 2.49. The molecule has 1 saturated heterocycles. The molecule has 30 heavy (non-hydrogen) atoms. The fourth-order valence-electron chi connectivity index (χ4n) is 3.40. The van der Waals surface area contributed by atoms with E-state index in [9.17, 15) is 24.9 Å². The number of aromatic hydroxyl groups is 3. The Morgan fingerprint density at radius 1 is 1.10 bits per heavy atom. The van der Waals surface area contributed by atoms with Crippen LogP contribution in [0.1, 0.15) is 35.2 Å². The van der Waals surface area contributed by atoms with Crippen molar-refractivity contribution in [2.45, 2.75) is 24.2 Å². The van der Waals surface area contributed by atoms with Gasteiger partial charge < -0.3 is 25.0 Å². The molecule has 2 aromatic rings. The third kappa shape index (κ3) is 3.87. The molecular weight excluding hydrogens is 474 g/mol. The summed E-state index contributed by atoms with van der Waals surface area (Å²) in [6.45, 7) is 1.27. The Morgan fingerprint density at radius 2 is 1.83 bits per heavy atom. The lowest BCUT2D eigenvalue weighted by Crippen LogP contribution is -2.37. The van der Waals surface area contributed by atoms with Gasteiger partial charge in [-0.3, -0.25) is 4.79 Å². The zero-order chi connectivity index (χ0) is 21.4. The molecule has 0 unspecified atom stereocenters. The molecule has 4 rings (SSSR count). The number of hydrogen-bond donors (Lipinski definition) is 3. The van der Waals surface area contributed by atoms with E-state index in [1.54, 1.807) is 11.0 Å². The number of piperidine rings is 1. The number of likely N-dealkylation sites (tertiary alicyclic amines) is 1. The van der Waals surface area contributed by atoms with Crippen molar-refractivity contribution in [2.24, 2.45) is 0 Å². The van der Waals surface area contributed by atoms with Crippen LogP contribution in [0.2, 0.25) is 0 Å². The summed E-state index contributed by atoms with van der Waals surface area (Å²) in [5, 5.41) is 29.7. The Labute approximate surface area is 185 Å². The summed E-state index contributed by atoms with van der Waals surface area (Å²) < 4.78 is 5.83. The Bertz CT molecular complexity index is 1050. The fourth-order valence-corrected chi connectivity index (χ4v) is 4.99. The van der Waals surface area contributed by atoms with E-state index in [1.807, 2.05) is 0 Å². The number of carbonyl (C=O) groups is 2. The summed E-state index contributed by atoms with van der Waals surface area (Å²) >= 11 is 4.23. The molecule has 156 valence electrons. The summed E-state index contributed by atoms with van der Waals surface area (Å²) in [5.74, 6) is -1.01. The van der Waals surface area contributed by atoms with E-state index < -0.39 is 11.9 Å². The SMILES string of the molecule is O=C1/C(=C/c2cc(O)c(O)c(Br)c2)Sc2c(OC(=O)N3CCCCC3)ccc(O)c21. The molecule has 2 aliphatic heterocycles. The van der Waals surface area contributed by atoms with Gasteiger partial charge in [-0.15, -0.1) is 0 Å². The first-order valence-corrected chi connectivity index (χ1v) is 10.9. The maximum atomic E-state index is 12.9. The number of benzene rings is 2. The molecule has 1 fully saturated rings. The number of nitrogens with zero attached hydrogens (tertiary/aromatic N) is 1. The summed E-state index contributed by atoms with van der Waals surface area (Å²) in [5.41, 5.74) is 0.560. The second kappa shape index (κ2) is 8.23. The van der Waals surface area contributed by atoms with Gasteiger partial charge in [0.25, 0.3) is 0 Å². The number of phenols is 3. The third-order valence-electron chi connectivity index (χ3n) is 4.94. The van der Waals surface area contributed by atoms with E-state index in [0.29, 0.717) is 28.5 Å². The highest BCUT2D eigenvalue weighted by atomic mass is 79.9. The molecule has 0 aliphatic carbocycles. The van der Waals surface area contributed by atoms with Gasteiger partial charge in [-0.2, -0.15) is 0 Å². The maximum absolute atomic E-state index is 12.9. The molecule has 2 aliphatic rings. The normalized spacial score (nSPS) is 17.3. The minimum Gasteiger partial charge on any atom is -0.507 e. The van der Waals surface area contributed by atoms with Crippen molar-refractivity contribution in [2.75, 3.05) is 13.1 Å². The lowest BCUT2D eigenvalue weighted by molar-refractivity contribution is 0.104. The molecule has 3 N–H and O–H groups in total. The van der Waals surface area contributed by atoms with Gasteiger partial charge in [0.15, 0.2) is 11.5 Å². The lowest BCUT2D eigenvalue weighted by Gasteiger charge is -2.26. The molecule has 2 heterocycles. The summed E-state index contributed by atoms with van der Waals surface area (Å²) in [7, 11) is 0. The number of fused-ring (bicyclic) bond motifs is 1. The van der Waals surface area contributed by atoms with Gasteiger partial charge in [0.1, 0.15) is 11.5 Å². The van der Waals surface area contributed by atoms with Crippen LogP contribution in [0.5, 0.6) is 23.0 Å². The molecule has 7 nitrogen and oxygen atoms in total. The van der Waals surface area contributed by atoms with Crippen LogP contribution in [0.25, 0.3) is 6.08 Å². The molecule has 0 bridgehead atoms. The van der Waals surface area contributed by atoms with Crippen LogP contribution >= 0.6 is 27.7 Å². The molecule has 0 spiro atoms. The smallest absolute Gasteiger partial charge is 0.415 e. The molecular formula is C21H18BrNO6S. The van der Waals surface area contributed by atoms with Gasteiger partial charge >= 0.3 is 6.09 Å². The number of ether oxygens (including phenoxy) is 1. The number of hydrogen-bond acceptors (Lipinski definition) is 7. The van der Waals surface area contributed by atoms with Gasteiger partial charge in [-0.05, 0) is 71.1 Å². The van der Waals surface area contributed by atoms with Gasteiger partial charge in [0, 0.05) is 13.1 Å². The average Bonchev–Trinajstić information content (AvgIpc) is 3.06. The van der Waals surface area contributed by atoms with Gasteiger partial charge in [-0.25, -0.2) is 4.79 Å². The number of ketones is 1. The molecule has 0 atom stereocenters. The van der Waals surface area contributed by atoms with Crippen molar-refractivity contribution >= 4 is 45.6 Å². The Balaban J connectivity index is 1.64. The van der Waals surface area contributed by atoms with Crippen molar-refractivity contribution in [3.8, 4) is 23.0 Å². The van der Waals surface area contributed by atoms with Crippen molar-refractivity contribution in [1.82, 2.24) is 4.90 Å². The van der Waals surface area contributed by atoms with E-state index in [4.69, 9.17) is 4.74 Å². The van der Waals surface area contributed by atoms with Crippen LogP contribution in [0, 0.1) is 0 Å². The van der Waals surface area contributed by atoms with E-state index in [2.05, 4.69) is 15.9 Å². The predicted octanol–water partition coefficient (Wildman–Crippen LogP) is 4.88. The number of allylic oxidation sites excluding steroid dienone is 1. The number of halogens is 1. The van der Waals surface area contributed by atoms with E-state index in [0.717, 1.165) is 31.0 Å². The number of rotatable bonds is 2. The Hall–Kier alpha value is -2.65. The van der Waals surface area contributed by atoms with E-state index in [-0.39, 0.29) is 33.0 Å². The maximum Gasteiger partial charge on any atom is 0.415 e. The standard InChI is InChI=1S/C21H18BrNO6S/c22-12-8-11(9-14(25)18(12)26)10-16-19(27)17-13(24)4-5-15(20(17)30-16)29-21(28)23-6-2-1-3-7-23/h4-5,8-10,24-26H,1-3,6-7H2/b16-10-. The minimum absolute atomic E-state index is 0.0808.